The molecule has 0 heterocycles. The smallest absolute Gasteiger partial charge is 0.324 e. The molecular weight excluding hydrogens is 242 g/mol. The Hall–Kier alpha value is -1.55. The molecule has 0 aromatic heterocycles. The van der Waals surface area contributed by atoms with Crippen LogP contribution in [0.2, 0.25) is 0 Å². The summed E-state index contributed by atoms with van der Waals surface area (Å²) in [5.74, 6) is 0.0131. The minimum absolute atomic E-state index is 0.142. The van der Waals surface area contributed by atoms with Crippen LogP contribution in [0.25, 0.3) is 0 Å². The molecular formula is C15H21NO3. The maximum Gasteiger partial charge on any atom is 0.324 e. The maximum atomic E-state index is 11.7. The third kappa shape index (κ3) is 2.73. The first-order valence-electron chi connectivity index (χ1n) is 6.64. The number of benzene rings is 1. The summed E-state index contributed by atoms with van der Waals surface area (Å²) in [5.41, 5.74) is 1.44. The number of methoxy groups -OCH3 is 1. The number of hydrogen-bond donors (Lipinski definition) is 2. The molecule has 1 aliphatic carbocycles. The molecule has 0 aliphatic heterocycles. The quantitative estimate of drug-likeness (QED) is 0.872. The van der Waals surface area contributed by atoms with Gasteiger partial charge in [-0.2, -0.15) is 0 Å². The zero-order chi connectivity index (χ0) is 14.0. The Balaban J connectivity index is 2.34. The van der Waals surface area contributed by atoms with Gasteiger partial charge in [0, 0.05) is 12.5 Å². The van der Waals surface area contributed by atoms with Crippen molar-refractivity contribution in [2.75, 3.05) is 7.11 Å². The van der Waals surface area contributed by atoms with E-state index in [1.54, 1.807) is 7.11 Å². The summed E-state index contributed by atoms with van der Waals surface area (Å²) >= 11 is 0. The second-order valence-electron chi connectivity index (χ2n) is 5.50. The Morgan fingerprint density at radius 3 is 2.74 bits per heavy atom. The van der Waals surface area contributed by atoms with Crippen molar-refractivity contribution in [1.82, 2.24) is 5.32 Å². The number of carbonyl (C=O) groups is 1. The zero-order valence-corrected chi connectivity index (χ0v) is 11.7. The SMILES string of the molecule is COc1ccc2c(c1)CC(NC(C)C)(C(=O)O)CC2. The number of hydrogen-bond acceptors (Lipinski definition) is 3. The van der Waals surface area contributed by atoms with E-state index in [-0.39, 0.29) is 6.04 Å². The van der Waals surface area contributed by atoms with Crippen LogP contribution in [0.5, 0.6) is 5.75 Å². The largest absolute Gasteiger partial charge is 0.497 e. The molecule has 0 fully saturated rings. The van der Waals surface area contributed by atoms with E-state index in [0.717, 1.165) is 17.7 Å². The lowest BCUT2D eigenvalue weighted by atomic mass is 9.77. The molecule has 0 spiro atoms. The molecule has 0 amide bonds. The van der Waals surface area contributed by atoms with Crippen molar-refractivity contribution < 1.29 is 14.6 Å². The van der Waals surface area contributed by atoms with E-state index >= 15 is 0 Å². The Kier molecular flexibility index (Phi) is 3.80. The van der Waals surface area contributed by atoms with Crippen LogP contribution in [0, 0.1) is 0 Å². The summed E-state index contributed by atoms with van der Waals surface area (Å²) in [4.78, 5) is 11.7. The van der Waals surface area contributed by atoms with Crippen LogP contribution < -0.4 is 10.1 Å². The highest BCUT2D eigenvalue weighted by atomic mass is 16.5. The zero-order valence-electron chi connectivity index (χ0n) is 11.7. The fourth-order valence-corrected chi connectivity index (χ4v) is 2.82. The molecule has 2 rings (SSSR count). The number of rotatable bonds is 4. The van der Waals surface area contributed by atoms with Gasteiger partial charge in [-0.15, -0.1) is 0 Å². The molecule has 0 saturated carbocycles. The fourth-order valence-electron chi connectivity index (χ4n) is 2.82. The average molecular weight is 263 g/mol. The lowest BCUT2D eigenvalue weighted by Crippen LogP contribution is -2.57. The predicted octanol–water partition coefficient (Wildman–Crippen LogP) is 2.01. The highest BCUT2D eigenvalue weighted by Gasteiger charge is 2.41. The van der Waals surface area contributed by atoms with Crippen molar-refractivity contribution in [2.45, 2.75) is 44.7 Å². The van der Waals surface area contributed by atoms with Crippen LogP contribution in [0.1, 0.15) is 31.4 Å². The Morgan fingerprint density at radius 1 is 1.42 bits per heavy atom. The molecule has 1 atom stereocenters. The topological polar surface area (TPSA) is 58.6 Å². The van der Waals surface area contributed by atoms with Gasteiger partial charge in [-0.25, -0.2) is 0 Å². The average Bonchev–Trinajstić information content (AvgIpc) is 2.36. The lowest BCUT2D eigenvalue weighted by Gasteiger charge is -2.37. The Labute approximate surface area is 113 Å². The molecule has 1 aromatic carbocycles. The predicted molar refractivity (Wildman–Crippen MR) is 73.7 cm³/mol. The summed E-state index contributed by atoms with van der Waals surface area (Å²) in [5, 5.41) is 12.8. The summed E-state index contributed by atoms with van der Waals surface area (Å²) in [7, 11) is 1.63. The third-order valence-corrected chi connectivity index (χ3v) is 3.70. The molecule has 4 nitrogen and oxygen atoms in total. The van der Waals surface area contributed by atoms with Crippen molar-refractivity contribution in [1.29, 1.82) is 0 Å². The van der Waals surface area contributed by atoms with Gasteiger partial charge in [0.2, 0.25) is 0 Å². The van der Waals surface area contributed by atoms with Gasteiger partial charge in [0.05, 0.1) is 7.11 Å². The number of aryl methyl sites for hydroxylation is 1. The molecule has 19 heavy (non-hydrogen) atoms. The first-order valence-corrected chi connectivity index (χ1v) is 6.64. The lowest BCUT2D eigenvalue weighted by molar-refractivity contribution is -0.145. The van der Waals surface area contributed by atoms with Gasteiger partial charge in [-0.3, -0.25) is 10.1 Å². The summed E-state index contributed by atoms with van der Waals surface area (Å²) in [6.45, 7) is 3.96. The van der Waals surface area contributed by atoms with Crippen LogP contribution >= 0.6 is 0 Å². The summed E-state index contributed by atoms with van der Waals surface area (Å²) in [6.07, 6.45) is 1.91. The second kappa shape index (κ2) is 5.21. The molecule has 1 aliphatic rings. The second-order valence-corrected chi connectivity index (χ2v) is 5.50. The van der Waals surface area contributed by atoms with Crippen LogP contribution in [-0.2, 0) is 17.6 Å². The van der Waals surface area contributed by atoms with Gasteiger partial charge in [0.25, 0.3) is 0 Å². The van der Waals surface area contributed by atoms with Crippen molar-refractivity contribution in [2.24, 2.45) is 0 Å². The van der Waals surface area contributed by atoms with Gasteiger partial charge in [-0.1, -0.05) is 6.07 Å². The highest BCUT2D eigenvalue weighted by Crippen LogP contribution is 2.31. The number of ether oxygens (including phenoxy) is 1. The molecule has 1 unspecified atom stereocenters. The molecule has 0 radical (unpaired) electrons. The van der Waals surface area contributed by atoms with E-state index in [4.69, 9.17) is 4.74 Å². The number of nitrogens with one attached hydrogen (secondary N) is 1. The summed E-state index contributed by atoms with van der Waals surface area (Å²) in [6, 6.07) is 6.06. The molecule has 0 bridgehead atoms. The van der Waals surface area contributed by atoms with E-state index in [9.17, 15) is 9.90 Å². The van der Waals surface area contributed by atoms with E-state index in [1.165, 1.54) is 5.56 Å². The summed E-state index contributed by atoms with van der Waals surface area (Å²) < 4.78 is 5.22. The molecule has 104 valence electrons. The van der Waals surface area contributed by atoms with E-state index < -0.39 is 11.5 Å². The Morgan fingerprint density at radius 2 is 2.16 bits per heavy atom. The molecule has 1 aromatic rings. The number of carboxylic acid groups (broad SMARTS) is 1. The molecule has 0 saturated heterocycles. The minimum Gasteiger partial charge on any atom is -0.497 e. The first-order chi connectivity index (χ1) is 8.97. The van der Waals surface area contributed by atoms with Crippen LogP contribution in [-0.4, -0.2) is 29.8 Å². The minimum atomic E-state index is -0.854. The van der Waals surface area contributed by atoms with Gasteiger partial charge in [-0.05, 0) is 49.9 Å². The number of carboxylic acids is 1. The van der Waals surface area contributed by atoms with E-state index in [1.807, 2.05) is 32.0 Å². The number of aliphatic carboxylic acids is 1. The van der Waals surface area contributed by atoms with E-state index in [0.29, 0.717) is 12.8 Å². The van der Waals surface area contributed by atoms with Crippen molar-refractivity contribution in [3.05, 3.63) is 29.3 Å². The van der Waals surface area contributed by atoms with Gasteiger partial charge < -0.3 is 9.84 Å². The van der Waals surface area contributed by atoms with Crippen LogP contribution in [0.15, 0.2) is 18.2 Å². The van der Waals surface area contributed by atoms with Crippen LogP contribution in [0.3, 0.4) is 0 Å². The normalized spacial score (nSPS) is 22.1. The maximum absolute atomic E-state index is 11.7. The van der Waals surface area contributed by atoms with Crippen molar-refractivity contribution in [3.63, 3.8) is 0 Å². The fraction of sp³-hybridized carbons (Fsp3) is 0.533. The van der Waals surface area contributed by atoms with Gasteiger partial charge >= 0.3 is 5.97 Å². The monoisotopic (exact) mass is 263 g/mol. The van der Waals surface area contributed by atoms with Crippen molar-refractivity contribution in [3.8, 4) is 5.75 Å². The standard InChI is InChI=1S/C15H21NO3/c1-10(2)16-15(14(17)18)7-6-11-4-5-13(19-3)8-12(11)9-15/h4-5,8,10,16H,6-7,9H2,1-3H3,(H,17,18). The number of fused-ring (bicyclic) bond motifs is 1. The highest BCUT2D eigenvalue weighted by molar-refractivity contribution is 5.80. The van der Waals surface area contributed by atoms with Gasteiger partial charge in [0.15, 0.2) is 0 Å². The molecule has 2 N–H and O–H groups in total. The van der Waals surface area contributed by atoms with Gasteiger partial charge in [0.1, 0.15) is 11.3 Å². The Bertz CT molecular complexity index is 484. The van der Waals surface area contributed by atoms with E-state index in [2.05, 4.69) is 5.32 Å². The molecule has 4 heteroatoms. The van der Waals surface area contributed by atoms with Crippen LogP contribution in [0.4, 0.5) is 0 Å². The van der Waals surface area contributed by atoms with Crippen molar-refractivity contribution >= 4 is 5.97 Å². The first kappa shape index (κ1) is 13.9. The third-order valence-electron chi connectivity index (χ3n) is 3.70.